The summed E-state index contributed by atoms with van der Waals surface area (Å²) in [6.07, 6.45) is 8.70. The van der Waals surface area contributed by atoms with Crippen LogP contribution in [0.5, 0.6) is 5.75 Å². The molecule has 0 atom stereocenters. The minimum atomic E-state index is -0.656. The van der Waals surface area contributed by atoms with Crippen molar-refractivity contribution < 1.29 is 9.90 Å². The van der Waals surface area contributed by atoms with Gasteiger partial charge < -0.3 is 15.4 Å². The van der Waals surface area contributed by atoms with Crippen molar-refractivity contribution in [3.63, 3.8) is 0 Å². The second kappa shape index (κ2) is 6.29. The zero-order valence-electron chi connectivity index (χ0n) is 13.7. The fourth-order valence-corrected chi connectivity index (χ4v) is 2.99. The van der Waals surface area contributed by atoms with Crippen LogP contribution in [0.2, 0.25) is 0 Å². The summed E-state index contributed by atoms with van der Waals surface area (Å²) >= 11 is 0. The maximum Gasteiger partial charge on any atom is 0.252 e. The van der Waals surface area contributed by atoms with Gasteiger partial charge in [0, 0.05) is 42.3 Å². The SMILES string of the molecule is NC(=O)c1ccc(Cn2ccc3c(-c4cncnc4)ccnc32)cc1O. The normalized spacial score (nSPS) is 10.9. The van der Waals surface area contributed by atoms with E-state index in [4.69, 9.17) is 5.73 Å². The van der Waals surface area contributed by atoms with Crippen LogP contribution >= 0.6 is 0 Å². The van der Waals surface area contributed by atoms with Gasteiger partial charge in [-0.05, 0) is 35.4 Å². The van der Waals surface area contributed by atoms with E-state index in [1.165, 1.54) is 12.4 Å². The van der Waals surface area contributed by atoms with Crippen LogP contribution in [-0.4, -0.2) is 30.5 Å². The van der Waals surface area contributed by atoms with E-state index < -0.39 is 5.91 Å². The minimum absolute atomic E-state index is 0.107. The smallest absolute Gasteiger partial charge is 0.252 e. The Hall–Kier alpha value is -3.74. The number of hydrogen-bond donors (Lipinski definition) is 2. The Kier molecular flexibility index (Phi) is 3.81. The molecule has 0 aliphatic carbocycles. The molecule has 0 fully saturated rings. The van der Waals surface area contributed by atoms with Crippen LogP contribution in [0, 0.1) is 0 Å². The first kappa shape index (κ1) is 15.8. The number of nitrogens with zero attached hydrogens (tertiary/aromatic N) is 4. The van der Waals surface area contributed by atoms with E-state index >= 15 is 0 Å². The molecule has 128 valence electrons. The van der Waals surface area contributed by atoms with Crippen LogP contribution in [0.1, 0.15) is 15.9 Å². The van der Waals surface area contributed by atoms with Crippen LogP contribution < -0.4 is 5.73 Å². The van der Waals surface area contributed by atoms with Crippen LogP contribution in [0.25, 0.3) is 22.2 Å². The number of carbonyl (C=O) groups is 1. The highest BCUT2D eigenvalue weighted by molar-refractivity contribution is 5.95. The summed E-state index contributed by atoms with van der Waals surface area (Å²) in [4.78, 5) is 23.9. The molecule has 0 unspecified atom stereocenters. The third-order valence-corrected chi connectivity index (χ3v) is 4.21. The van der Waals surface area contributed by atoms with Gasteiger partial charge in [-0.2, -0.15) is 0 Å². The first-order valence-corrected chi connectivity index (χ1v) is 7.94. The highest BCUT2D eigenvalue weighted by Gasteiger charge is 2.11. The molecule has 1 amide bonds. The Balaban J connectivity index is 1.73. The van der Waals surface area contributed by atoms with Gasteiger partial charge in [0.1, 0.15) is 17.7 Å². The highest BCUT2D eigenvalue weighted by atomic mass is 16.3. The van der Waals surface area contributed by atoms with Crippen molar-refractivity contribution in [2.24, 2.45) is 5.73 Å². The zero-order chi connectivity index (χ0) is 18.1. The fraction of sp³-hybridized carbons (Fsp3) is 0.0526. The molecule has 0 saturated heterocycles. The molecular formula is C19H15N5O2. The molecule has 0 radical (unpaired) electrons. The molecule has 3 N–H and O–H groups in total. The lowest BCUT2D eigenvalue weighted by atomic mass is 10.1. The summed E-state index contributed by atoms with van der Waals surface area (Å²) in [5.74, 6) is -0.779. The number of primary amides is 1. The average molecular weight is 345 g/mol. The van der Waals surface area contributed by atoms with Gasteiger partial charge in [0.2, 0.25) is 0 Å². The molecule has 0 aliphatic rings. The third-order valence-electron chi connectivity index (χ3n) is 4.21. The fourth-order valence-electron chi connectivity index (χ4n) is 2.99. The maximum atomic E-state index is 11.2. The summed E-state index contributed by atoms with van der Waals surface area (Å²) in [5.41, 5.74) is 8.89. The molecule has 7 nitrogen and oxygen atoms in total. The number of fused-ring (bicyclic) bond motifs is 1. The van der Waals surface area contributed by atoms with Crippen LogP contribution in [0.15, 0.2) is 61.4 Å². The number of aromatic nitrogens is 4. The van der Waals surface area contributed by atoms with Gasteiger partial charge >= 0.3 is 0 Å². The number of rotatable bonds is 4. The quantitative estimate of drug-likeness (QED) is 0.590. The number of benzene rings is 1. The molecular weight excluding hydrogens is 330 g/mol. The number of hydrogen-bond acceptors (Lipinski definition) is 5. The number of nitrogens with two attached hydrogens (primary N) is 1. The maximum absolute atomic E-state index is 11.2. The molecule has 7 heteroatoms. The van der Waals surface area contributed by atoms with E-state index in [2.05, 4.69) is 15.0 Å². The van der Waals surface area contributed by atoms with Gasteiger partial charge in [0.25, 0.3) is 5.91 Å². The highest BCUT2D eigenvalue weighted by Crippen LogP contribution is 2.28. The second-order valence-electron chi connectivity index (χ2n) is 5.88. The van der Waals surface area contributed by atoms with E-state index in [0.717, 1.165) is 27.7 Å². The van der Waals surface area contributed by atoms with Crippen LogP contribution in [-0.2, 0) is 6.54 Å². The van der Waals surface area contributed by atoms with Crippen molar-refractivity contribution in [2.45, 2.75) is 6.54 Å². The standard InChI is InChI=1S/C19H15N5O2/c20-18(26)16-2-1-12(7-17(16)25)10-24-6-4-15-14(3-5-23-19(15)24)13-8-21-11-22-9-13/h1-9,11,25H,10H2,(H2,20,26). The van der Waals surface area contributed by atoms with Gasteiger partial charge in [0.05, 0.1) is 5.56 Å². The third kappa shape index (κ3) is 2.75. The predicted octanol–water partition coefficient (Wildman–Crippen LogP) is 2.35. The molecule has 3 heterocycles. The van der Waals surface area contributed by atoms with E-state index in [9.17, 15) is 9.90 Å². The molecule has 1 aromatic carbocycles. The first-order chi connectivity index (χ1) is 12.6. The van der Waals surface area contributed by atoms with Gasteiger partial charge in [-0.15, -0.1) is 0 Å². The van der Waals surface area contributed by atoms with Crippen molar-refractivity contribution >= 4 is 16.9 Å². The van der Waals surface area contributed by atoms with E-state index in [1.54, 1.807) is 30.7 Å². The van der Waals surface area contributed by atoms with Gasteiger partial charge in [-0.3, -0.25) is 4.79 Å². The monoisotopic (exact) mass is 345 g/mol. The lowest BCUT2D eigenvalue weighted by molar-refractivity contribution is 0.0998. The Bertz CT molecular complexity index is 1110. The van der Waals surface area contributed by atoms with E-state index in [0.29, 0.717) is 6.54 Å². The van der Waals surface area contributed by atoms with Gasteiger partial charge in [-0.1, -0.05) is 6.07 Å². The Morgan fingerprint density at radius 2 is 1.96 bits per heavy atom. The summed E-state index contributed by atoms with van der Waals surface area (Å²) in [5, 5.41) is 10.9. The number of amides is 1. The van der Waals surface area contributed by atoms with Crippen molar-refractivity contribution in [3.05, 3.63) is 72.6 Å². The summed E-state index contributed by atoms with van der Waals surface area (Å²) in [7, 11) is 0. The van der Waals surface area contributed by atoms with Crippen LogP contribution in [0.3, 0.4) is 0 Å². The summed E-state index contributed by atoms with van der Waals surface area (Å²) in [6.45, 7) is 0.498. The molecule has 0 spiro atoms. The predicted molar refractivity (Wildman–Crippen MR) is 96.5 cm³/mol. The Labute approximate surface area is 148 Å². The summed E-state index contributed by atoms with van der Waals surface area (Å²) in [6, 6.07) is 8.75. The van der Waals surface area contributed by atoms with Gasteiger partial charge in [-0.25, -0.2) is 15.0 Å². The van der Waals surface area contributed by atoms with Crippen LogP contribution in [0.4, 0.5) is 0 Å². The van der Waals surface area contributed by atoms with Crippen molar-refractivity contribution in [1.82, 2.24) is 19.5 Å². The van der Waals surface area contributed by atoms with Crippen molar-refractivity contribution in [1.29, 1.82) is 0 Å². The largest absolute Gasteiger partial charge is 0.507 e. The lowest BCUT2D eigenvalue weighted by Gasteiger charge is -2.08. The molecule has 3 aromatic heterocycles. The number of carbonyl (C=O) groups excluding carboxylic acids is 1. The van der Waals surface area contributed by atoms with Gasteiger partial charge in [0.15, 0.2) is 0 Å². The minimum Gasteiger partial charge on any atom is -0.507 e. The average Bonchev–Trinajstić information content (AvgIpc) is 3.05. The Morgan fingerprint density at radius 3 is 2.69 bits per heavy atom. The molecule has 0 bridgehead atoms. The number of phenols is 1. The first-order valence-electron chi connectivity index (χ1n) is 7.94. The van der Waals surface area contributed by atoms with Crippen molar-refractivity contribution in [2.75, 3.05) is 0 Å². The van der Waals surface area contributed by atoms with E-state index in [-0.39, 0.29) is 11.3 Å². The Morgan fingerprint density at radius 1 is 1.15 bits per heavy atom. The molecule has 0 aliphatic heterocycles. The molecule has 4 rings (SSSR count). The van der Waals surface area contributed by atoms with E-state index in [1.807, 2.05) is 22.9 Å². The molecule has 26 heavy (non-hydrogen) atoms. The number of aromatic hydroxyl groups is 1. The summed E-state index contributed by atoms with van der Waals surface area (Å²) < 4.78 is 1.97. The lowest BCUT2D eigenvalue weighted by Crippen LogP contribution is -2.11. The number of pyridine rings is 1. The molecule has 4 aromatic rings. The van der Waals surface area contributed by atoms with Crippen molar-refractivity contribution in [3.8, 4) is 16.9 Å². The second-order valence-corrected chi connectivity index (χ2v) is 5.88. The topological polar surface area (TPSA) is 107 Å². The molecule has 0 saturated carbocycles. The zero-order valence-corrected chi connectivity index (χ0v) is 13.7.